The number of nitrogen functional groups attached to an aromatic ring is 1. The Kier molecular flexibility index (Phi) is 3.39. The van der Waals surface area contributed by atoms with Crippen molar-refractivity contribution in [3.05, 3.63) is 36.0 Å². The lowest BCUT2D eigenvalue weighted by atomic mass is 10.2. The van der Waals surface area contributed by atoms with E-state index in [2.05, 4.69) is 38.9 Å². The van der Waals surface area contributed by atoms with Gasteiger partial charge in [0.05, 0.1) is 6.61 Å². The molecule has 3 N–H and O–H groups in total. The van der Waals surface area contributed by atoms with E-state index in [4.69, 9.17) is 10.5 Å². The van der Waals surface area contributed by atoms with Crippen molar-refractivity contribution in [3.8, 4) is 5.88 Å². The Morgan fingerprint density at radius 2 is 2.20 bits per heavy atom. The fourth-order valence-electron chi connectivity index (χ4n) is 1.91. The lowest BCUT2D eigenvalue weighted by Crippen LogP contribution is -2.04. The van der Waals surface area contributed by atoms with Gasteiger partial charge in [0, 0.05) is 10.4 Å². The van der Waals surface area contributed by atoms with Gasteiger partial charge in [0.15, 0.2) is 5.82 Å². The highest BCUT2D eigenvalue weighted by Crippen LogP contribution is 2.29. The lowest BCUT2D eigenvalue weighted by molar-refractivity contribution is 0.328. The van der Waals surface area contributed by atoms with Gasteiger partial charge in [-0.25, -0.2) is 4.98 Å². The second kappa shape index (κ2) is 5.34. The maximum atomic E-state index is 6.00. The molecule has 3 rings (SSSR count). The molecule has 0 aliphatic heterocycles. The number of hydrogen-bond acceptors (Lipinski definition) is 6. The molecule has 0 aliphatic rings. The van der Waals surface area contributed by atoms with Crippen LogP contribution in [0.3, 0.4) is 0 Å². The molecule has 2 heterocycles. The maximum absolute atomic E-state index is 6.00. The van der Waals surface area contributed by atoms with Crippen LogP contribution in [0.4, 0.5) is 17.2 Å². The van der Waals surface area contributed by atoms with Crippen LogP contribution in [0.25, 0.3) is 10.1 Å². The molecule has 1 aromatic carbocycles. The second-order valence-electron chi connectivity index (χ2n) is 4.17. The number of fused-ring (bicyclic) bond motifs is 1. The fraction of sp³-hybridized carbons (Fsp3) is 0.143. The highest BCUT2D eigenvalue weighted by atomic mass is 32.1. The largest absolute Gasteiger partial charge is 0.476 e. The van der Waals surface area contributed by atoms with Crippen molar-refractivity contribution in [2.75, 3.05) is 17.7 Å². The third kappa shape index (κ3) is 2.37. The molecule has 0 spiro atoms. The molecule has 0 fully saturated rings. The Labute approximate surface area is 120 Å². The third-order valence-electron chi connectivity index (χ3n) is 2.84. The van der Waals surface area contributed by atoms with Crippen molar-refractivity contribution in [2.24, 2.45) is 0 Å². The van der Waals surface area contributed by atoms with E-state index in [-0.39, 0.29) is 0 Å². The summed E-state index contributed by atoms with van der Waals surface area (Å²) in [6, 6.07) is 8.22. The zero-order chi connectivity index (χ0) is 13.9. The summed E-state index contributed by atoms with van der Waals surface area (Å²) in [5.74, 6) is 0.958. The van der Waals surface area contributed by atoms with E-state index >= 15 is 0 Å². The molecule has 102 valence electrons. The summed E-state index contributed by atoms with van der Waals surface area (Å²) in [5.41, 5.74) is 7.35. The molecule has 2 aromatic heterocycles. The molecule has 0 amide bonds. The van der Waals surface area contributed by atoms with Gasteiger partial charge >= 0.3 is 0 Å². The lowest BCUT2D eigenvalue weighted by Gasteiger charge is -2.11. The number of anilines is 3. The Hall–Kier alpha value is -2.34. The Bertz CT molecular complexity index is 741. The Balaban J connectivity index is 1.91. The van der Waals surface area contributed by atoms with Gasteiger partial charge in [0.25, 0.3) is 0 Å². The zero-order valence-electron chi connectivity index (χ0n) is 11.0. The molecule has 5 nitrogen and oxygen atoms in total. The highest BCUT2D eigenvalue weighted by Gasteiger charge is 2.09. The minimum absolute atomic E-state index is 0.404. The first-order valence-corrected chi connectivity index (χ1v) is 7.13. The first kappa shape index (κ1) is 12.7. The molecule has 6 heteroatoms. The minimum atomic E-state index is 0.404. The van der Waals surface area contributed by atoms with Crippen molar-refractivity contribution in [1.29, 1.82) is 0 Å². The number of aromatic nitrogens is 2. The highest BCUT2D eigenvalue weighted by molar-refractivity contribution is 7.17. The van der Waals surface area contributed by atoms with Crippen molar-refractivity contribution in [1.82, 2.24) is 9.97 Å². The smallest absolute Gasteiger partial charge is 0.242 e. The van der Waals surface area contributed by atoms with E-state index < -0.39 is 0 Å². The van der Waals surface area contributed by atoms with Crippen molar-refractivity contribution < 1.29 is 4.74 Å². The van der Waals surface area contributed by atoms with Crippen LogP contribution >= 0.6 is 11.3 Å². The molecule has 0 aliphatic carbocycles. The van der Waals surface area contributed by atoms with E-state index in [1.54, 1.807) is 11.3 Å². The summed E-state index contributed by atoms with van der Waals surface area (Å²) in [4.78, 5) is 8.17. The molecular weight excluding hydrogens is 272 g/mol. The number of thiophene rings is 1. The molecule has 0 saturated heterocycles. The number of nitrogens with two attached hydrogens (primary N) is 1. The Morgan fingerprint density at radius 3 is 3.05 bits per heavy atom. The molecular formula is C14H14N4OS. The summed E-state index contributed by atoms with van der Waals surface area (Å²) < 4.78 is 6.61. The van der Waals surface area contributed by atoms with Gasteiger partial charge < -0.3 is 15.8 Å². The van der Waals surface area contributed by atoms with Crippen LogP contribution in [0.1, 0.15) is 6.92 Å². The molecule has 0 radical (unpaired) electrons. The number of rotatable bonds is 4. The topological polar surface area (TPSA) is 73.1 Å². The van der Waals surface area contributed by atoms with E-state index in [0.717, 1.165) is 5.69 Å². The van der Waals surface area contributed by atoms with Gasteiger partial charge in [-0.2, -0.15) is 4.98 Å². The van der Waals surface area contributed by atoms with Crippen LogP contribution in [0, 0.1) is 0 Å². The predicted molar refractivity (Wildman–Crippen MR) is 82.7 cm³/mol. The van der Waals surface area contributed by atoms with Crippen LogP contribution in [0.5, 0.6) is 5.88 Å². The van der Waals surface area contributed by atoms with Gasteiger partial charge in [-0.1, -0.05) is 0 Å². The van der Waals surface area contributed by atoms with Crippen molar-refractivity contribution in [3.63, 3.8) is 0 Å². The molecule has 3 aromatic rings. The van der Waals surface area contributed by atoms with Gasteiger partial charge in [-0.05, 0) is 42.0 Å². The van der Waals surface area contributed by atoms with E-state index in [0.29, 0.717) is 24.0 Å². The zero-order valence-corrected chi connectivity index (χ0v) is 11.8. The minimum Gasteiger partial charge on any atom is -0.476 e. The van der Waals surface area contributed by atoms with E-state index in [1.165, 1.54) is 16.4 Å². The number of nitrogens with zero attached hydrogens (tertiary/aromatic N) is 2. The Morgan fingerprint density at radius 1 is 1.30 bits per heavy atom. The van der Waals surface area contributed by atoms with Gasteiger partial charge in [-0.3, -0.25) is 0 Å². The fourth-order valence-corrected chi connectivity index (χ4v) is 2.68. The van der Waals surface area contributed by atoms with E-state index in [1.807, 2.05) is 13.0 Å². The summed E-state index contributed by atoms with van der Waals surface area (Å²) in [6.07, 6.45) is 1.44. The summed E-state index contributed by atoms with van der Waals surface area (Å²) >= 11 is 1.72. The number of ether oxygens (including phenoxy) is 1. The standard InChI is InChI=1S/C14H14N4OS/c1-2-19-14-12(15)13(16-8-17-14)18-10-3-4-11-9(7-10)5-6-20-11/h3-8H,2,15H2,1H3,(H,16,17,18). The molecule has 0 saturated carbocycles. The van der Waals surface area contributed by atoms with Crippen molar-refractivity contribution in [2.45, 2.75) is 6.92 Å². The monoisotopic (exact) mass is 286 g/mol. The number of benzene rings is 1. The van der Waals surface area contributed by atoms with Crippen LogP contribution in [-0.2, 0) is 0 Å². The third-order valence-corrected chi connectivity index (χ3v) is 3.74. The normalized spacial score (nSPS) is 10.7. The maximum Gasteiger partial charge on any atom is 0.242 e. The molecule has 20 heavy (non-hydrogen) atoms. The summed E-state index contributed by atoms with van der Waals surface area (Å²) in [6.45, 7) is 2.40. The van der Waals surface area contributed by atoms with Gasteiger partial charge in [-0.15, -0.1) is 11.3 Å². The first-order chi connectivity index (χ1) is 9.78. The molecule has 0 atom stereocenters. The average Bonchev–Trinajstić information content (AvgIpc) is 2.91. The van der Waals surface area contributed by atoms with Crippen molar-refractivity contribution >= 4 is 38.6 Å². The molecule has 0 bridgehead atoms. The number of hydrogen-bond donors (Lipinski definition) is 2. The quantitative estimate of drug-likeness (QED) is 0.769. The van der Waals surface area contributed by atoms with Crippen LogP contribution in [0.2, 0.25) is 0 Å². The summed E-state index contributed by atoms with van der Waals surface area (Å²) in [7, 11) is 0. The second-order valence-corrected chi connectivity index (χ2v) is 5.12. The summed E-state index contributed by atoms with van der Waals surface area (Å²) in [5, 5.41) is 6.46. The first-order valence-electron chi connectivity index (χ1n) is 6.25. The van der Waals surface area contributed by atoms with Crippen LogP contribution in [0.15, 0.2) is 36.0 Å². The molecule has 0 unspecified atom stereocenters. The van der Waals surface area contributed by atoms with Crippen LogP contribution in [-0.4, -0.2) is 16.6 Å². The van der Waals surface area contributed by atoms with Crippen LogP contribution < -0.4 is 15.8 Å². The van der Waals surface area contributed by atoms with Gasteiger partial charge in [0.2, 0.25) is 5.88 Å². The van der Waals surface area contributed by atoms with E-state index in [9.17, 15) is 0 Å². The SMILES string of the molecule is CCOc1ncnc(Nc2ccc3sccc3c2)c1N. The average molecular weight is 286 g/mol. The predicted octanol–water partition coefficient (Wildman–Crippen LogP) is 3.42. The van der Waals surface area contributed by atoms with Gasteiger partial charge in [0.1, 0.15) is 12.0 Å². The number of nitrogens with one attached hydrogen (secondary N) is 1.